The zero-order chi connectivity index (χ0) is 14.9. The number of aryl methyl sites for hydroxylation is 2. The highest BCUT2D eigenvalue weighted by molar-refractivity contribution is 5.72. The highest BCUT2D eigenvalue weighted by Crippen LogP contribution is 2.33. The van der Waals surface area contributed by atoms with Gasteiger partial charge in [0.25, 0.3) is 0 Å². The Bertz CT molecular complexity index is 568. The van der Waals surface area contributed by atoms with E-state index in [1.165, 1.54) is 27.9 Å². The average molecular weight is 267 g/mol. The van der Waals surface area contributed by atoms with Crippen LogP contribution in [0.2, 0.25) is 0 Å². The van der Waals surface area contributed by atoms with Gasteiger partial charge in [-0.15, -0.1) is 0 Å². The number of hydrogen-bond acceptors (Lipinski definition) is 1. The molecule has 0 amide bonds. The second kappa shape index (κ2) is 5.32. The van der Waals surface area contributed by atoms with E-state index in [0.717, 1.165) is 0 Å². The molecule has 0 N–H and O–H groups in total. The summed E-state index contributed by atoms with van der Waals surface area (Å²) in [5.41, 5.74) is 6.72. The quantitative estimate of drug-likeness (QED) is 0.722. The molecular formula is C19H25N. The number of rotatable bonds is 2. The van der Waals surface area contributed by atoms with Crippen LogP contribution in [0.15, 0.2) is 42.5 Å². The molecule has 0 aliphatic rings. The van der Waals surface area contributed by atoms with Crippen LogP contribution in [-0.2, 0) is 0 Å². The minimum Gasteiger partial charge on any atom is -0.369 e. The molecule has 0 heterocycles. The molecule has 0 atom stereocenters. The third-order valence-corrected chi connectivity index (χ3v) is 3.94. The maximum Gasteiger partial charge on any atom is 0.0427 e. The number of nitrogens with zero attached hydrogens (tertiary/aromatic N) is 1. The summed E-state index contributed by atoms with van der Waals surface area (Å²) in [4.78, 5) is 2.37. The SMILES string of the molecule is Cc1cc(-c2ccccc2)cc(C)c1N(C)C(C)(C)C. The summed E-state index contributed by atoms with van der Waals surface area (Å²) in [5.74, 6) is 0. The van der Waals surface area contributed by atoms with Crippen LogP contribution < -0.4 is 4.90 Å². The van der Waals surface area contributed by atoms with E-state index >= 15 is 0 Å². The van der Waals surface area contributed by atoms with Gasteiger partial charge < -0.3 is 4.90 Å². The Balaban J connectivity index is 2.50. The molecule has 0 fully saturated rings. The molecule has 0 aliphatic carbocycles. The fourth-order valence-corrected chi connectivity index (χ4v) is 2.62. The van der Waals surface area contributed by atoms with Gasteiger partial charge >= 0.3 is 0 Å². The molecule has 20 heavy (non-hydrogen) atoms. The first-order valence-electron chi connectivity index (χ1n) is 7.21. The minimum absolute atomic E-state index is 0.129. The molecule has 2 aromatic rings. The van der Waals surface area contributed by atoms with Crippen LogP contribution >= 0.6 is 0 Å². The monoisotopic (exact) mass is 267 g/mol. The van der Waals surface area contributed by atoms with E-state index in [9.17, 15) is 0 Å². The summed E-state index contributed by atoms with van der Waals surface area (Å²) in [6, 6.07) is 15.2. The summed E-state index contributed by atoms with van der Waals surface area (Å²) in [6.07, 6.45) is 0. The predicted molar refractivity (Wildman–Crippen MR) is 89.5 cm³/mol. The van der Waals surface area contributed by atoms with Gasteiger partial charge in [-0.05, 0) is 69.0 Å². The van der Waals surface area contributed by atoms with Crippen LogP contribution in [0.4, 0.5) is 5.69 Å². The standard InChI is InChI=1S/C19H25N/c1-14-12-17(16-10-8-7-9-11-16)13-15(2)18(14)20(6)19(3,4)5/h7-13H,1-6H3. The molecule has 0 spiro atoms. The molecular weight excluding hydrogens is 242 g/mol. The Morgan fingerprint density at radius 2 is 1.30 bits per heavy atom. The number of hydrogen-bond donors (Lipinski definition) is 0. The van der Waals surface area contributed by atoms with Gasteiger partial charge in [0, 0.05) is 18.3 Å². The molecule has 1 nitrogen and oxygen atoms in total. The van der Waals surface area contributed by atoms with Crippen molar-refractivity contribution in [3.8, 4) is 11.1 Å². The van der Waals surface area contributed by atoms with E-state index in [1.807, 2.05) is 0 Å². The molecule has 0 aromatic heterocycles. The van der Waals surface area contributed by atoms with Gasteiger partial charge in [0.1, 0.15) is 0 Å². The Morgan fingerprint density at radius 3 is 1.75 bits per heavy atom. The number of anilines is 1. The summed E-state index contributed by atoms with van der Waals surface area (Å²) in [7, 11) is 2.18. The molecule has 0 bridgehead atoms. The van der Waals surface area contributed by atoms with Gasteiger partial charge in [0.2, 0.25) is 0 Å². The van der Waals surface area contributed by atoms with E-state index in [2.05, 4.69) is 89.0 Å². The van der Waals surface area contributed by atoms with Gasteiger partial charge in [0.15, 0.2) is 0 Å². The molecule has 1 heteroatoms. The average Bonchev–Trinajstić information content (AvgIpc) is 2.37. The molecule has 0 saturated heterocycles. The lowest BCUT2D eigenvalue weighted by Crippen LogP contribution is -2.38. The first-order chi connectivity index (χ1) is 9.30. The molecule has 0 radical (unpaired) electrons. The van der Waals surface area contributed by atoms with Gasteiger partial charge in [0.05, 0.1) is 0 Å². The summed E-state index contributed by atoms with van der Waals surface area (Å²) in [5, 5.41) is 0. The lowest BCUT2D eigenvalue weighted by molar-refractivity contribution is 0.537. The van der Waals surface area contributed by atoms with Crippen molar-refractivity contribution >= 4 is 5.69 Å². The van der Waals surface area contributed by atoms with Gasteiger partial charge in [-0.25, -0.2) is 0 Å². The fourth-order valence-electron chi connectivity index (χ4n) is 2.62. The zero-order valence-electron chi connectivity index (χ0n) is 13.5. The van der Waals surface area contributed by atoms with E-state index < -0.39 is 0 Å². The lowest BCUT2D eigenvalue weighted by atomic mass is 9.96. The largest absolute Gasteiger partial charge is 0.369 e. The first kappa shape index (κ1) is 14.6. The molecule has 2 rings (SSSR count). The molecule has 0 saturated carbocycles. The van der Waals surface area contributed by atoms with Crippen molar-refractivity contribution < 1.29 is 0 Å². The van der Waals surface area contributed by atoms with Crippen molar-refractivity contribution in [2.24, 2.45) is 0 Å². The van der Waals surface area contributed by atoms with Crippen molar-refractivity contribution in [2.75, 3.05) is 11.9 Å². The second-order valence-electron chi connectivity index (χ2n) is 6.55. The van der Waals surface area contributed by atoms with Gasteiger partial charge in [-0.3, -0.25) is 0 Å². The smallest absolute Gasteiger partial charge is 0.0427 e. The van der Waals surface area contributed by atoms with Crippen LogP contribution in [0, 0.1) is 13.8 Å². The van der Waals surface area contributed by atoms with E-state index in [0.29, 0.717) is 0 Å². The third-order valence-electron chi connectivity index (χ3n) is 3.94. The molecule has 0 unspecified atom stereocenters. The van der Waals surface area contributed by atoms with Crippen LogP contribution in [0.1, 0.15) is 31.9 Å². The Hall–Kier alpha value is -1.76. The van der Waals surface area contributed by atoms with E-state index in [1.54, 1.807) is 0 Å². The van der Waals surface area contributed by atoms with Gasteiger partial charge in [-0.2, -0.15) is 0 Å². The summed E-state index contributed by atoms with van der Waals surface area (Å²) >= 11 is 0. The van der Waals surface area contributed by atoms with E-state index in [4.69, 9.17) is 0 Å². The Labute approximate surface area is 123 Å². The number of benzene rings is 2. The van der Waals surface area contributed by atoms with Crippen LogP contribution in [-0.4, -0.2) is 12.6 Å². The first-order valence-corrected chi connectivity index (χ1v) is 7.21. The highest BCUT2D eigenvalue weighted by Gasteiger charge is 2.20. The van der Waals surface area contributed by atoms with Crippen molar-refractivity contribution in [2.45, 2.75) is 40.2 Å². The van der Waals surface area contributed by atoms with Gasteiger partial charge in [-0.1, -0.05) is 30.3 Å². The molecule has 2 aromatic carbocycles. The molecule has 0 aliphatic heterocycles. The predicted octanol–water partition coefficient (Wildman–Crippen LogP) is 5.21. The summed E-state index contributed by atoms with van der Waals surface area (Å²) in [6.45, 7) is 11.2. The van der Waals surface area contributed by atoms with Crippen molar-refractivity contribution in [1.29, 1.82) is 0 Å². The van der Waals surface area contributed by atoms with Crippen molar-refractivity contribution in [1.82, 2.24) is 0 Å². The van der Waals surface area contributed by atoms with E-state index in [-0.39, 0.29) is 5.54 Å². The minimum atomic E-state index is 0.129. The lowest BCUT2D eigenvalue weighted by Gasteiger charge is -2.36. The fraction of sp³-hybridized carbons (Fsp3) is 0.368. The maximum absolute atomic E-state index is 2.37. The maximum atomic E-state index is 2.37. The van der Waals surface area contributed by atoms with Crippen LogP contribution in [0.5, 0.6) is 0 Å². The summed E-state index contributed by atoms with van der Waals surface area (Å²) < 4.78 is 0. The normalized spacial score (nSPS) is 11.5. The second-order valence-corrected chi connectivity index (χ2v) is 6.55. The Morgan fingerprint density at radius 1 is 0.800 bits per heavy atom. The van der Waals surface area contributed by atoms with Crippen molar-refractivity contribution in [3.05, 3.63) is 53.6 Å². The van der Waals surface area contributed by atoms with Crippen LogP contribution in [0.3, 0.4) is 0 Å². The van der Waals surface area contributed by atoms with Crippen LogP contribution in [0.25, 0.3) is 11.1 Å². The van der Waals surface area contributed by atoms with Crippen molar-refractivity contribution in [3.63, 3.8) is 0 Å². The zero-order valence-corrected chi connectivity index (χ0v) is 13.5. The molecule has 106 valence electrons. The third kappa shape index (κ3) is 2.87. The Kier molecular flexibility index (Phi) is 3.89. The highest BCUT2D eigenvalue weighted by atomic mass is 15.2. The topological polar surface area (TPSA) is 3.24 Å².